The lowest BCUT2D eigenvalue weighted by atomic mass is 9.83. The second-order valence-corrected chi connectivity index (χ2v) is 6.11. The molecule has 0 spiro atoms. The van der Waals surface area contributed by atoms with Crippen LogP contribution in [0.1, 0.15) is 55.4 Å². The SMILES string of the molecule is CC1=C/C/C=C\c2c(C(C)C)ccc3c2C/C(=C\1)C=C3. The molecule has 0 heteroatoms. The van der Waals surface area contributed by atoms with Crippen molar-refractivity contribution in [1.82, 2.24) is 0 Å². The summed E-state index contributed by atoms with van der Waals surface area (Å²) >= 11 is 0. The lowest BCUT2D eigenvalue weighted by molar-refractivity contribution is 0.859. The van der Waals surface area contributed by atoms with Crippen molar-refractivity contribution in [3.63, 3.8) is 0 Å². The predicted octanol–water partition coefficient (Wildman–Crippen LogP) is 5.67. The monoisotopic (exact) mass is 262 g/mol. The third-order valence-electron chi connectivity index (χ3n) is 4.18. The van der Waals surface area contributed by atoms with Gasteiger partial charge in [0.15, 0.2) is 0 Å². The van der Waals surface area contributed by atoms with Crippen molar-refractivity contribution in [3.05, 3.63) is 69.8 Å². The van der Waals surface area contributed by atoms with Gasteiger partial charge in [-0.05, 0) is 53.5 Å². The summed E-state index contributed by atoms with van der Waals surface area (Å²) in [5.41, 5.74) is 8.57. The van der Waals surface area contributed by atoms with Crippen molar-refractivity contribution in [2.75, 3.05) is 0 Å². The molecule has 2 bridgehead atoms. The molecular weight excluding hydrogens is 240 g/mol. The minimum atomic E-state index is 0.568. The Bertz CT molecular complexity index is 649. The van der Waals surface area contributed by atoms with E-state index in [0.29, 0.717) is 5.92 Å². The summed E-state index contributed by atoms with van der Waals surface area (Å²) in [5, 5.41) is 0. The second kappa shape index (κ2) is 5.28. The van der Waals surface area contributed by atoms with Gasteiger partial charge in [0.2, 0.25) is 0 Å². The van der Waals surface area contributed by atoms with Crippen molar-refractivity contribution >= 4 is 12.2 Å². The average molecular weight is 262 g/mol. The van der Waals surface area contributed by atoms with Gasteiger partial charge in [-0.3, -0.25) is 0 Å². The number of benzene rings is 1. The zero-order valence-corrected chi connectivity index (χ0v) is 12.6. The normalized spacial score (nSPS) is 23.8. The fourth-order valence-electron chi connectivity index (χ4n) is 3.10. The average Bonchev–Trinajstić information content (AvgIpc) is 2.43. The summed E-state index contributed by atoms with van der Waals surface area (Å²) < 4.78 is 0. The molecule has 0 nitrogen and oxygen atoms in total. The molecule has 0 amide bonds. The number of allylic oxidation sites excluding steroid dienone is 6. The summed E-state index contributed by atoms with van der Waals surface area (Å²) in [6, 6.07) is 4.58. The number of hydrogen-bond acceptors (Lipinski definition) is 0. The zero-order chi connectivity index (χ0) is 14.1. The molecule has 0 unspecified atom stereocenters. The van der Waals surface area contributed by atoms with E-state index in [0.717, 1.165) is 12.8 Å². The standard InChI is InChI=1S/C20H22/c1-14(2)18-11-10-17-9-8-16-12-15(3)6-4-5-7-19(18)20(17)13-16/h5-12,14H,4,13H2,1-3H3/b7-5-,15-6-,16-12-. The summed E-state index contributed by atoms with van der Waals surface area (Å²) in [5.74, 6) is 0.568. The van der Waals surface area contributed by atoms with Crippen LogP contribution in [0, 0.1) is 0 Å². The Balaban J connectivity index is 2.22. The van der Waals surface area contributed by atoms with Crippen LogP contribution in [-0.4, -0.2) is 0 Å². The van der Waals surface area contributed by atoms with Gasteiger partial charge in [-0.2, -0.15) is 0 Å². The highest BCUT2D eigenvalue weighted by molar-refractivity contribution is 5.71. The molecule has 0 aliphatic heterocycles. The minimum Gasteiger partial charge on any atom is -0.0801 e. The van der Waals surface area contributed by atoms with Gasteiger partial charge in [-0.1, -0.05) is 68.0 Å². The first-order valence-corrected chi connectivity index (χ1v) is 7.53. The van der Waals surface area contributed by atoms with E-state index in [9.17, 15) is 0 Å². The molecule has 1 aromatic rings. The van der Waals surface area contributed by atoms with E-state index in [1.807, 2.05) is 0 Å². The molecule has 1 aromatic carbocycles. The number of hydrogen-bond donors (Lipinski definition) is 0. The van der Waals surface area contributed by atoms with E-state index in [1.54, 1.807) is 0 Å². The van der Waals surface area contributed by atoms with Crippen LogP contribution < -0.4 is 0 Å². The molecule has 102 valence electrons. The van der Waals surface area contributed by atoms with E-state index in [1.165, 1.54) is 33.4 Å². The first-order chi connectivity index (χ1) is 9.65. The van der Waals surface area contributed by atoms with Crippen LogP contribution in [0.15, 0.2) is 47.6 Å². The van der Waals surface area contributed by atoms with Gasteiger partial charge < -0.3 is 0 Å². The van der Waals surface area contributed by atoms with E-state index in [-0.39, 0.29) is 0 Å². The Labute approximate surface area is 122 Å². The molecule has 0 heterocycles. The maximum atomic E-state index is 2.33. The maximum Gasteiger partial charge on any atom is -0.00137 e. The van der Waals surface area contributed by atoms with Crippen molar-refractivity contribution in [1.29, 1.82) is 0 Å². The van der Waals surface area contributed by atoms with Gasteiger partial charge in [0.1, 0.15) is 0 Å². The zero-order valence-electron chi connectivity index (χ0n) is 12.6. The maximum absolute atomic E-state index is 2.33. The van der Waals surface area contributed by atoms with Gasteiger partial charge in [0.25, 0.3) is 0 Å². The van der Waals surface area contributed by atoms with Gasteiger partial charge in [0, 0.05) is 0 Å². The Morgan fingerprint density at radius 2 is 1.90 bits per heavy atom. The van der Waals surface area contributed by atoms with Crippen LogP contribution in [0.3, 0.4) is 0 Å². The lowest BCUT2D eigenvalue weighted by Crippen LogP contribution is -2.05. The largest absolute Gasteiger partial charge is 0.0801 e. The van der Waals surface area contributed by atoms with Gasteiger partial charge in [-0.25, -0.2) is 0 Å². The molecule has 3 rings (SSSR count). The fraction of sp³-hybridized carbons (Fsp3) is 0.300. The highest BCUT2D eigenvalue weighted by Gasteiger charge is 2.16. The van der Waals surface area contributed by atoms with Crippen molar-refractivity contribution < 1.29 is 0 Å². The third kappa shape index (κ3) is 2.43. The van der Waals surface area contributed by atoms with E-state index in [4.69, 9.17) is 0 Å². The number of rotatable bonds is 1. The minimum absolute atomic E-state index is 0.568. The van der Waals surface area contributed by atoms with Crippen LogP contribution in [0.25, 0.3) is 12.2 Å². The van der Waals surface area contributed by atoms with E-state index < -0.39 is 0 Å². The second-order valence-electron chi connectivity index (χ2n) is 6.11. The van der Waals surface area contributed by atoms with Crippen LogP contribution >= 0.6 is 0 Å². The molecule has 2 aliphatic rings. The Kier molecular flexibility index (Phi) is 3.48. The van der Waals surface area contributed by atoms with Crippen molar-refractivity contribution in [2.45, 2.75) is 39.5 Å². The van der Waals surface area contributed by atoms with Gasteiger partial charge in [0.05, 0.1) is 0 Å². The molecule has 20 heavy (non-hydrogen) atoms. The Morgan fingerprint density at radius 1 is 1.05 bits per heavy atom. The molecule has 0 atom stereocenters. The van der Waals surface area contributed by atoms with Crippen LogP contribution in [0.5, 0.6) is 0 Å². The molecule has 0 saturated heterocycles. The summed E-state index contributed by atoms with van der Waals surface area (Å²) in [6.45, 7) is 6.76. The number of fused-ring (bicyclic) bond motifs is 1. The first kappa shape index (κ1) is 13.2. The summed E-state index contributed by atoms with van der Waals surface area (Å²) in [4.78, 5) is 0. The molecule has 0 saturated carbocycles. The highest BCUT2D eigenvalue weighted by atomic mass is 14.2. The highest BCUT2D eigenvalue weighted by Crippen LogP contribution is 2.33. The molecular formula is C20H22. The topological polar surface area (TPSA) is 0 Å². The van der Waals surface area contributed by atoms with Gasteiger partial charge in [-0.15, -0.1) is 0 Å². The fourth-order valence-corrected chi connectivity index (χ4v) is 3.10. The van der Waals surface area contributed by atoms with Crippen molar-refractivity contribution in [3.8, 4) is 0 Å². The Morgan fingerprint density at radius 3 is 2.70 bits per heavy atom. The van der Waals surface area contributed by atoms with E-state index >= 15 is 0 Å². The first-order valence-electron chi connectivity index (χ1n) is 7.53. The van der Waals surface area contributed by atoms with Crippen LogP contribution in [-0.2, 0) is 6.42 Å². The molecule has 0 aromatic heterocycles. The summed E-state index contributed by atoms with van der Waals surface area (Å²) in [6.07, 6.45) is 15.9. The molecule has 0 N–H and O–H groups in total. The quantitative estimate of drug-likeness (QED) is 0.611. The molecule has 0 radical (unpaired) electrons. The van der Waals surface area contributed by atoms with Crippen LogP contribution in [0.2, 0.25) is 0 Å². The van der Waals surface area contributed by atoms with E-state index in [2.05, 4.69) is 69.4 Å². The van der Waals surface area contributed by atoms with Gasteiger partial charge >= 0.3 is 0 Å². The predicted molar refractivity (Wildman–Crippen MR) is 88.8 cm³/mol. The smallest absolute Gasteiger partial charge is 0.00137 e. The Hall–Kier alpha value is -1.82. The lowest BCUT2D eigenvalue weighted by Gasteiger charge is -2.21. The molecule has 0 fully saturated rings. The van der Waals surface area contributed by atoms with Crippen LogP contribution in [0.4, 0.5) is 0 Å². The third-order valence-corrected chi connectivity index (χ3v) is 4.18. The van der Waals surface area contributed by atoms with Crippen molar-refractivity contribution in [2.24, 2.45) is 0 Å². The summed E-state index contributed by atoms with van der Waals surface area (Å²) in [7, 11) is 0. The molecule has 2 aliphatic carbocycles.